The number of anilines is 12. The standard InChI is InChI=1S/C104H82N4/c1-5-27-81(28-6-1)105(89-63-65-95-93-33-13-15-35-97(93)103(99(95)71-89)67-17-3-18-68-103)83-51-39-73(40-52-83)75-43-55-85(56-44-75)107(101-37-21-25-79-23-9-11-31-91(79)101)87-59-47-77(48-60-87)78-49-61-88(62-50-78)108(102-38-22-26-80-24-10-12-32-92(80)102)86-57-45-76(46-58-86)74-41-53-84(54-42-74)106(82-29-7-2-8-30-82)90-64-66-96-94-34-14-16-36-98(94)104(100(96)72-90)69-19-4-20-70-104/h1-2,5-16,21-66,71-72H,3-4,17-20,67-70H2. The first-order valence-corrected chi connectivity index (χ1v) is 38.9. The monoisotopic (exact) mass is 1390 g/mol. The van der Waals surface area contributed by atoms with Gasteiger partial charge in [-0.25, -0.2) is 0 Å². The number of rotatable bonds is 15. The van der Waals surface area contributed by atoms with Crippen LogP contribution in [-0.2, 0) is 10.8 Å². The van der Waals surface area contributed by atoms with Crippen LogP contribution in [-0.4, -0.2) is 0 Å². The third-order valence-electron chi connectivity index (χ3n) is 24.2. The van der Waals surface area contributed by atoms with E-state index in [1.54, 1.807) is 0 Å². The van der Waals surface area contributed by atoms with Crippen molar-refractivity contribution in [1.82, 2.24) is 0 Å². The molecule has 0 unspecified atom stereocenters. The van der Waals surface area contributed by atoms with Crippen LogP contribution in [0.2, 0.25) is 0 Å². The second-order valence-electron chi connectivity index (χ2n) is 30.1. The summed E-state index contributed by atoms with van der Waals surface area (Å²) in [5.41, 5.74) is 32.3. The Morgan fingerprint density at radius 1 is 0.176 bits per heavy atom. The van der Waals surface area contributed by atoms with Gasteiger partial charge in [0.15, 0.2) is 0 Å². The van der Waals surface area contributed by atoms with Crippen LogP contribution in [0.3, 0.4) is 0 Å². The first-order chi connectivity index (χ1) is 53.5. The fourth-order valence-corrected chi connectivity index (χ4v) is 19.1. The summed E-state index contributed by atoms with van der Waals surface area (Å²) in [6.45, 7) is 0. The minimum absolute atomic E-state index is 0.0733. The molecule has 0 amide bonds. The van der Waals surface area contributed by atoms with Crippen molar-refractivity contribution in [2.75, 3.05) is 19.6 Å². The predicted molar refractivity (Wildman–Crippen MR) is 455 cm³/mol. The lowest BCUT2D eigenvalue weighted by Gasteiger charge is -2.36. The van der Waals surface area contributed by atoms with Gasteiger partial charge in [0, 0.05) is 78.5 Å². The highest BCUT2D eigenvalue weighted by Crippen LogP contribution is 2.59. The van der Waals surface area contributed by atoms with Gasteiger partial charge >= 0.3 is 0 Å². The van der Waals surface area contributed by atoms with E-state index >= 15 is 0 Å². The quantitative estimate of drug-likeness (QED) is 0.101. The van der Waals surface area contributed by atoms with Crippen molar-refractivity contribution in [1.29, 1.82) is 0 Å². The lowest BCUT2D eigenvalue weighted by atomic mass is 9.68. The Hall–Kier alpha value is -12.8. The van der Waals surface area contributed by atoms with Gasteiger partial charge in [-0.2, -0.15) is 0 Å². The van der Waals surface area contributed by atoms with Crippen LogP contribution in [0.1, 0.15) is 86.5 Å². The summed E-state index contributed by atoms with van der Waals surface area (Å²) in [5.74, 6) is 0. The summed E-state index contributed by atoms with van der Waals surface area (Å²) < 4.78 is 0. The number of para-hydroxylation sites is 2. The van der Waals surface area contributed by atoms with E-state index in [9.17, 15) is 0 Å². The van der Waals surface area contributed by atoms with Crippen LogP contribution in [0.5, 0.6) is 0 Å². The van der Waals surface area contributed by atoms with E-state index < -0.39 is 0 Å². The van der Waals surface area contributed by atoms with Crippen LogP contribution in [0, 0.1) is 0 Å². The summed E-state index contributed by atoms with van der Waals surface area (Å²) in [7, 11) is 0. The molecule has 0 aliphatic heterocycles. The van der Waals surface area contributed by atoms with Crippen molar-refractivity contribution in [2.45, 2.75) is 75.0 Å². The Morgan fingerprint density at radius 2 is 0.435 bits per heavy atom. The largest absolute Gasteiger partial charge is 0.310 e. The maximum Gasteiger partial charge on any atom is 0.0540 e. The molecule has 20 rings (SSSR count). The second-order valence-corrected chi connectivity index (χ2v) is 30.1. The average Bonchev–Trinajstić information content (AvgIpc) is 1.56. The molecule has 0 atom stereocenters. The van der Waals surface area contributed by atoms with Crippen LogP contribution >= 0.6 is 0 Å². The van der Waals surface area contributed by atoms with Gasteiger partial charge < -0.3 is 19.6 Å². The second kappa shape index (κ2) is 27.3. The fourth-order valence-electron chi connectivity index (χ4n) is 19.1. The molecule has 4 aliphatic carbocycles. The molecule has 16 aromatic carbocycles. The summed E-state index contributed by atoms with van der Waals surface area (Å²) in [4.78, 5) is 9.70. The fraction of sp³-hybridized carbons (Fsp3) is 0.115. The van der Waals surface area contributed by atoms with Gasteiger partial charge in [-0.1, -0.05) is 281 Å². The van der Waals surface area contributed by atoms with Gasteiger partial charge in [-0.3, -0.25) is 0 Å². The van der Waals surface area contributed by atoms with Crippen LogP contribution < -0.4 is 19.6 Å². The van der Waals surface area contributed by atoms with Gasteiger partial charge in [0.2, 0.25) is 0 Å². The molecule has 0 saturated heterocycles. The van der Waals surface area contributed by atoms with Gasteiger partial charge in [-0.05, 0) is 248 Å². The Morgan fingerprint density at radius 3 is 0.778 bits per heavy atom. The third kappa shape index (κ3) is 11.3. The zero-order valence-electron chi connectivity index (χ0n) is 60.7. The number of fused-ring (bicyclic) bond motifs is 12. The number of hydrogen-bond acceptors (Lipinski definition) is 4. The molecule has 2 fully saturated rings. The molecular weight excluding hydrogens is 1310 g/mol. The van der Waals surface area contributed by atoms with Gasteiger partial charge in [0.25, 0.3) is 0 Å². The first-order valence-electron chi connectivity index (χ1n) is 38.9. The lowest BCUT2D eigenvalue weighted by Crippen LogP contribution is -2.28. The van der Waals surface area contributed by atoms with Gasteiger partial charge in [-0.15, -0.1) is 0 Å². The summed E-state index contributed by atoms with van der Waals surface area (Å²) in [6.07, 6.45) is 12.5. The maximum atomic E-state index is 2.52. The molecule has 2 saturated carbocycles. The molecule has 16 aromatic rings. The van der Waals surface area contributed by atoms with Gasteiger partial charge in [0.05, 0.1) is 11.4 Å². The lowest BCUT2D eigenvalue weighted by molar-refractivity contribution is 0.353. The van der Waals surface area contributed by atoms with E-state index in [4.69, 9.17) is 0 Å². The molecular formula is C104H82N4. The molecule has 2 spiro atoms. The minimum atomic E-state index is 0.0733. The van der Waals surface area contributed by atoms with Crippen molar-refractivity contribution in [3.63, 3.8) is 0 Å². The highest BCUT2D eigenvalue weighted by molar-refractivity contribution is 6.01. The van der Waals surface area contributed by atoms with Crippen molar-refractivity contribution < 1.29 is 0 Å². The molecule has 0 aromatic heterocycles. The smallest absolute Gasteiger partial charge is 0.0540 e. The molecule has 0 heterocycles. The van der Waals surface area contributed by atoms with E-state index in [1.807, 2.05) is 0 Å². The number of hydrogen-bond donors (Lipinski definition) is 0. The van der Waals surface area contributed by atoms with E-state index in [0.29, 0.717) is 0 Å². The number of nitrogens with zero attached hydrogens (tertiary/aromatic N) is 4. The normalized spacial score (nSPS) is 14.3. The zero-order chi connectivity index (χ0) is 71.5. The molecule has 108 heavy (non-hydrogen) atoms. The molecule has 4 aliphatic rings. The molecule has 4 nitrogen and oxygen atoms in total. The minimum Gasteiger partial charge on any atom is -0.310 e. The van der Waals surface area contributed by atoms with E-state index in [2.05, 4.69) is 396 Å². The van der Waals surface area contributed by atoms with Crippen molar-refractivity contribution in [3.8, 4) is 55.6 Å². The molecule has 0 N–H and O–H groups in total. The van der Waals surface area contributed by atoms with E-state index in [-0.39, 0.29) is 10.8 Å². The number of benzene rings is 16. The predicted octanol–water partition coefficient (Wildman–Crippen LogP) is 29.3. The van der Waals surface area contributed by atoms with Crippen LogP contribution in [0.25, 0.3) is 77.2 Å². The average molecular weight is 1390 g/mol. The summed E-state index contributed by atoms with van der Waals surface area (Å²) in [6, 6.07) is 140. The van der Waals surface area contributed by atoms with Crippen molar-refractivity contribution >= 4 is 89.8 Å². The molecule has 518 valence electrons. The highest BCUT2D eigenvalue weighted by Gasteiger charge is 2.45. The first kappa shape index (κ1) is 64.8. The maximum absolute atomic E-state index is 2.52. The Balaban J connectivity index is 0.583. The molecule has 4 heteroatoms. The van der Waals surface area contributed by atoms with Gasteiger partial charge in [0.1, 0.15) is 0 Å². The Kier molecular flexibility index (Phi) is 16.4. The summed E-state index contributed by atoms with van der Waals surface area (Å²) in [5, 5.41) is 4.79. The zero-order valence-corrected chi connectivity index (χ0v) is 60.7. The molecule has 0 radical (unpaired) electrons. The Bertz CT molecular complexity index is 5590. The molecule has 0 bridgehead atoms. The van der Waals surface area contributed by atoms with Crippen LogP contribution in [0.15, 0.2) is 376 Å². The van der Waals surface area contributed by atoms with Crippen LogP contribution in [0.4, 0.5) is 68.2 Å². The summed E-state index contributed by atoms with van der Waals surface area (Å²) >= 11 is 0. The Labute approximate surface area is 634 Å². The SMILES string of the molecule is c1ccc(N(c2ccc(-c3ccc(N(c4ccc(-c5ccc(N(c6ccc(-c7ccc(N(c8ccccc8)c8ccc9c(c8)C8(CCCCC8)c8ccccc8-9)cc7)cc6)c6cccc7ccccc67)cc5)cc4)c4cccc5ccccc45)cc3)cc2)c2ccc3c(c2)C2(CCCCC2)c2ccccc2-3)cc1. The van der Waals surface area contributed by atoms with E-state index in [0.717, 1.165) is 79.1 Å². The highest BCUT2D eigenvalue weighted by atomic mass is 15.2. The van der Waals surface area contributed by atoms with Crippen molar-refractivity contribution in [2.24, 2.45) is 0 Å². The van der Waals surface area contributed by atoms with Crippen molar-refractivity contribution in [3.05, 3.63) is 398 Å². The topological polar surface area (TPSA) is 13.0 Å². The third-order valence-corrected chi connectivity index (χ3v) is 24.2. The van der Waals surface area contributed by atoms with E-state index in [1.165, 1.54) is 153 Å².